The fraction of sp³-hybridized carbons (Fsp3) is 0.385. The number of ether oxygens (including phenoxy) is 3. The summed E-state index contributed by atoms with van der Waals surface area (Å²) < 4.78 is 31.8. The molecule has 0 bridgehead atoms. The minimum Gasteiger partial charge on any atom is -0.454 e. The SMILES string of the molecule is CC(C)c1c(C(=O)NCC2(c3ccc4c(c3)OCO4)CCOCC2)cnn1-c1ccc(F)cc1. The Morgan fingerprint density at radius 2 is 1.85 bits per heavy atom. The Hall–Kier alpha value is -3.39. The normalized spacial score (nSPS) is 16.6. The highest BCUT2D eigenvalue weighted by atomic mass is 19.1. The van der Waals surface area contributed by atoms with Crippen LogP contribution in [0.3, 0.4) is 0 Å². The first-order chi connectivity index (χ1) is 16.5. The minimum atomic E-state index is -0.315. The first kappa shape index (κ1) is 22.4. The average Bonchev–Trinajstić information content (AvgIpc) is 3.50. The lowest BCUT2D eigenvalue weighted by Gasteiger charge is -2.38. The summed E-state index contributed by atoms with van der Waals surface area (Å²) in [6.45, 7) is 5.98. The molecule has 34 heavy (non-hydrogen) atoms. The van der Waals surface area contributed by atoms with Gasteiger partial charge in [-0.15, -0.1) is 0 Å². The molecule has 1 saturated heterocycles. The van der Waals surface area contributed by atoms with Crippen molar-refractivity contribution >= 4 is 5.91 Å². The number of halogens is 1. The van der Waals surface area contributed by atoms with E-state index in [1.54, 1.807) is 23.0 Å². The molecule has 2 aliphatic heterocycles. The summed E-state index contributed by atoms with van der Waals surface area (Å²) in [4.78, 5) is 13.4. The molecule has 2 aromatic carbocycles. The van der Waals surface area contributed by atoms with Crippen molar-refractivity contribution in [3.63, 3.8) is 0 Å². The number of hydrogen-bond acceptors (Lipinski definition) is 5. The maximum atomic E-state index is 13.4. The van der Waals surface area contributed by atoms with E-state index < -0.39 is 0 Å². The molecule has 3 aromatic rings. The molecule has 1 fully saturated rings. The molecule has 0 atom stereocenters. The van der Waals surface area contributed by atoms with Crippen LogP contribution in [0.4, 0.5) is 4.39 Å². The second kappa shape index (κ2) is 9.10. The van der Waals surface area contributed by atoms with Crippen LogP contribution >= 0.6 is 0 Å². The van der Waals surface area contributed by atoms with Gasteiger partial charge in [0.25, 0.3) is 5.91 Å². The van der Waals surface area contributed by atoms with Crippen LogP contribution in [0, 0.1) is 5.82 Å². The maximum Gasteiger partial charge on any atom is 0.254 e. The summed E-state index contributed by atoms with van der Waals surface area (Å²) in [5.41, 5.74) is 2.86. The van der Waals surface area contributed by atoms with Crippen molar-refractivity contribution in [1.82, 2.24) is 15.1 Å². The number of fused-ring (bicyclic) bond motifs is 1. The molecule has 1 amide bonds. The van der Waals surface area contributed by atoms with E-state index in [9.17, 15) is 9.18 Å². The van der Waals surface area contributed by atoms with Crippen molar-refractivity contribution in [2.45, 2.75) is 38.0 Å². The van der Waals surface area contributed by atoms with Crippen LogP contribution in [-0.4, -0.2) is 42.2 Å². The maximum absolute atomic E-state index is 13.4. The van der Waals surface area contributed by atoms with Gasteiger partial charge in [0.05, 0.1) is 23.1 Å². The fourth-order valence-electron chi connectivity index (χ4n) is 4.78. The Labute approximate surface area is 197 Å². The van der Waals surface area contributed by atoms with Crippen molar-refractivity contribution in [1.29, 1.82) is 0 Å². The minimum absolute atomic E-state index is 0.0409. The van der Waals surface area contributed by atoms with Crippen molar-refractivity contribution in [3.05, 3.63) is 71.3 Å². The summed E-state index contributed by atoms with van der Waals surface area (Å²) >= 11 is 0. The zero-order valence-corrected chi connectivity index (χ0v) is 19.3. The lowest BCUT2D eigenvalue weighted by molar-refractivity contribution is 0.0486. The fourth-order valence-corrected chi connectivity index (χ4v) is 4.78. The summed E-state index contributed by atoms with van der Waals surface area (Å²) in [5.74, 6) is 1.02. The van der Waals surface area contributed by atoms with Crippen LogP contribution in [0.1, 0.15) is 54.2 Å². The average molecular weight is 466 g/mol. The molecule has 7 nitrogen and oxygen atoms in total. The molecule has 1 aromatic heterocycles. The van der Waals surface area contributed by atoms with Gasteiger partial charge >= 0.3 is 0 Å². The van der Waals surface area contributed by atoms with Gasteiger partial charge in [0.1, 0.15) is 5.82 Å². The molecule has 1 N–H and O–H groups in total. The molecule has 0 saturated carbocycles. The summed E-state index contributed by atoms with van der Waals surface area (Å²) in [5, 5.41) is 7.62. The molecule has 0 spiro atoms. The Kier molecular flexibility index (Phi) is 6.00. The van der Waals surface area contributed by atoms with Crippen LogP contribution in [0.5, 0.6) is 11.5 Å². The highest BCUT2D eigenvalue weighted by molar-refractivity contribution is 5.95. The third-order valence-corrected chi connectivity index (χ3v) is 6.69. The van der Waals surface area contributed by atoms with E-state index in [4.69, 9.17) is 14.2 Å². The smallest absolute Gasteiger partial charge is 0.254 e. The number of carbonyl (C=O) groups is 1. The van der Waals surface area contributed by atoms with Crippen molar-refractivity contribution in [2.24, 2.45) is 0 Å². The standard InChI is InChI=1S/C26H28FN3O4/c1-17(2)24-21(14-29-30(24)20-6-4-19(27)5-7-20)25(31)28-15-26(9-11-32-12-10-26)18-3-8-22-23(13-18)34-16-33-22/h3-8,13-14,17H,9-12,15-16H2,1-2H3,(H,28,31). The van der Waals surface area contributed by atoms with Crippen molar-refractivity contribution in [3.8, 4) is 17.2 Å². The number of carbonyl (C=O) groups excluding carboxylic acids is 1. The van der Waals surface area contributed by atoms with Crippen LogP contribution < -0.4 is 14.8 Å². The van der Waals surface area contributed by atoms with E-state index >= 15 is 0 Å². The molecule has 0 aliphatic carbocycles. The van der Waals surface area contributed by atoms with Gasteiger partial charge < -0.3 is 19.5 Å². The third-order valence-electron chi connectivity index (χ3n) is 6.69. The molecule has 5 rings (SSSR count). The molecular formula is C26H28FN3O4. The van der Waals surface area contributed by atoms with E-state index in [0.717, 1.165) is 35.6 Å². The Morgan fingerprint density at radius 3 is 2.59 bits per heavy atom. The van der Waals surface area contributed by atoms with E-state index in [0.29, 0.717) is 31.0 Å². The van der Waals surface area contributed by atoms with Crippen molar-refractivity contribution < 1.29 is 23.4 Å². The van der Waals surface area contributed by atoms with Crippen LogP contribution in [0.2, 0.25) is 0 Å². The number of benzene rings is 2. The van der Waals surface area contributed by atoms with Gasteiger partial charge in [-0.05, 0) is 60.7 Å². The molecule has 2 aliphatic rings. The van der Waals surface area contributed by atoms with Crippen LogP contribution in [-0.2, 0) is 10.2 Å². The molecule has 8 heteroatoms. The molecule has 0 radical (unpaired) electrons. The number of hydrogen-bond donors (Lipinski definition) is 1. The van der Waals surface area contributed by atoms with Gasteiger partial charge in [0.2, 0.25) is 6.79 Å². The largest absolute Gasteiger partial charge is 0.454 e. The predicted molar refractivity (Wildman–Crippen MR) is 124 cm³/mol. The van der Waals surface area contributed by atoms with Gasteiger partial charge in [-0.25, -0.2) is 9.07 Å². The molecule has 0 unspecified atom stereocenters. The Bertz CT molecular complexity index is 1180. The lowest BCUT2D eigenvalue weighted by Crippen LogP contribution is -2.44. The number of nitrogens with zero attached hydrogens (tertiary/aromatic N) is 2. The second-order valence-corrected chi connectivity index (χ2v) is 9.13. The highest BCUT2D eigenvalue weighted by Crippen LogP contribution is 2.40. The van der Waals surface area contributed by atoms with Gasteiger partial charge in [0.15, 0.2) is 11.5 Å². The highest BCUT2D eigenvalue weighted by Gasteiger charge is 2.36. The lowest BCUT2D eigenvalue weighted by atomic mass is 9.74. The Morgan fingerprint density at radius 1 is 1.12 bits per heavy atom. The first-order valence-corrected chi connectivity index (χ1v) is 11.6. The van der Waals surface area contributed by atoms with Crippen LogP contribution in [0.15, 0.2) is 48.7 Å². The van der Waals surface area contributed by atoms with E-state index in [2.05, 4.69) is 16.5 Å². The van der Waals surface area contributed by atoms with E-state index in [1.165, 1.54) is 12.1 Å². The quantitative estimate of drug-likeness (QED) is 0.586. The van der Waals surface area contributed by atoms with Gasteiger partial charge in [-0.1, -0.05) is 19.9 Å². The zero-order valence-electron chi connectivity index (χ0n) is 19.3. The second-order valence-electron chi connectivity index (χ2n) is 9.13. The summed E-state index contributed by atoms with van der Waals surface area (Å²) in [6.07, 6.45) is 3.17. The predicted octanol–water partition coefficient (Wildman–Crippen LogP) is 4.34. The van der Waals surface area contributed by atoms with Crippen LogP contribution in [0.25, 0.3) is 5.69 Å². The molecule has 3 heterocycles. The van der Waals surface area contributed by atoms with Crippen molar-refractivity contribution in [2.75, 3.05) is 26.6 Å². The number of rotatable bonds is 6. The van der Waals surface area contributed by atoms with Gasteiger partial charge in [0, 0.05) is 25.2 Å². The topological polar surface area (TPSA) is 74.6 Å². The summed E-state index contributed by atoms with van der Waals surface area (Å²) in [7, 11) is 0. The van der Waals surface area contributed by atoms with Gasteiger partial charge in [-0.3, -0.25) is 4.79 Å². The number of nitrogens with one attached hydrogen (secondary N) is 1. The number of aromatic nitrogens is 2. The molecular weight excluding hydrogens is 437 g/mol. The molecule has 178 valence electrons. The number of amides is 1. The van der Waals surface area contributed by atoms with E-state index in [-0.39, 0.29) is 29.9 Å². The van der Waals surface area contributed by atoms with E-state index in [1.807, 2.05) is 26.0 Å². The Balaban J connectivity index is 1.40. The first-order valence-electron chi connectivity index (χ1n) is 11.6. The monoisotopic (exact) mass is 465 g/mol. The third kappa shape index (κ3) is 4.14. The summed E-state index contributed by atoms with van der Waals surface area (Å²) in [6, 6.07) is 12.1. The zero-order chi connectivity index (χ0) is 23.7. The van der Waals surface area contributed by atoms with Gasteiger partial charge in [-0.2, -0.15) is 5.10 Å².